The number of nitrogens with one attached hydrogen (secondary N) is 1. The Hall–Kier alpha value is -1.05. The lowest BCUT2D eigenvalue weighted by Crippen LogP contribution is -2.12. The summed E-state index contributed by atoms with van der Waals surface area (Å²) in [4.78, 5) is 4.49. The molecule has 2 heterocycles. The predicted octanol–water partition coefficient (Wildman–Crippen LogP) is 2.32. The molecule has 1 saturated carbocycles. The van der Waals surface area contributed by atoms with Gasteiger partial charge in [0.05, 0.1) is 11.9 Å². The third-order valence-corrected chi connectivity index (χ3v) is 2.94. The maximum Gasteiger partial charge on any atom is 0.0559 e. The van der Waals surface area contributed by atoms with Crippen LogP contribution in [0, 0.1) is 0 Å². The fourth-order valence-corrected chi connectivity index (χ4v) is 1.99. The predicted molar refractivity (Wildman–Crippen MR) is 53.0 cm³/mol. The van der Waals surface area contributed by atoms with Gasteiger partial charge in [0, 0.05) is 18.2 Å². The Morgan fingerprint density at radius 2 is 2.31 bits per heavy atom. The summed E-state index contributed by atoms with van der Waals surface area (Å²) in [5.74, 6) is 0.784. The van der Waals surface area contributed by atoms with Crippen molar-refractivity contribution >= 4 is 5.69 Å². The molecule has 1 N–H and O–H groups in total. The third-order valence-electron chi connectivity index (χ3n) is 2.94. The van der Waals surface area contributed by atoms with E-state index < -0.39 is 0 Å². The average molecular weight is 174 g/mol. The van der Waals surface area contributed by atoms with E-state index in [0.717, 1.165) is 12.5 Å². The van der Waals surface area contributed by atoms with E-state index in [0.29, 0.717) is 0 Å². The van der Waals surface area contributed by atoms with Crippen LogP contribution >= 0.6 is 0 Å². The van der Waals surface area contributed by atoms with Crippen LogP contribution in [0.3, 0.4) is 0 Å². The molecular formula is C11H14N2. The Labute approximate surface area is 78.4 Å². The normalized spacial score (nSPS) is 20.6. The summed E-state index contributed by atoms with van der Waals surface area (Å²) in [6, 6.07) is 2.30. The summed E-state index contributed by atoms with van der Waals surface area (Å²) in [5.41, 5.74) is 4.06. The number of anilines is 1. The van der Waals surface area contributed by atoms with Gasteiger partial charge in [0.1, 0.15) is 0 Å². The van der Waals surface area contributed by atoms with E-state index in [-0.39, 0.29) is 0 Å². The first-order chi connectivity index (χ1) is 6.43. The van der Waals surface area contributed by atoms with E-state index in [1.165, 1.54) is 42.6 Å². The van der Waals surface area contributed by atoms with Crippen molar-refractivity contribution < 1.29 is 0 Å². The molecule has 3 rings (SSSR count). The van der Waals surface area contributed by atoms with Gasteiger partial charge in [-0.3, -0.25) is 4.98 Å². The molecular weight excluding hydrogens is 160 g/mol. The van der Waals surface area contributed by atoms with Gasteiger partial charge in [0.2, 0.25) is 0 Å². The van der Waals surface area contributed by atoms with Crippen LogP contribution in [0.1, 0.15) is 36.4 Å². The van der Waals surface area contributed by atoms with Gasteiger partial charge in [-0.25, -0.2) is 0 Å². The van der Waals surface area contributed by atoms with Crippen LogP contribution in [0.15, 0.2) is 12.3 Å². The second-order valence-corrected chi connectivity index (χ2v) is 4.07. The molecule has 1 aliphatic carbocycles. The van der Waals surface area contributed by atoms with Gasteiger partial charge < -0.3 is 5.32 Å². The molecule has 1 aromatic rings. The fourth-order valence-electron chi connectivity index (χ4n) is 1.99. The SMILES string of the molecule is c1c(C2CC2)ncc2c1CCCN2. The zero-order chi connectivity index (χ0) is 8.67. The molecule has 68 valence electrons. The number of hydrogen-bond donors (Lipinski definition) is 1. The molecule has 2 nitrogen and oxygen atoms in total. The highest BCUT2D eigenvalue weighted by atomic mass is 14.9. The van der Waals surface area contributed by atoms with Crippen molar-refractivity contribution in [1.82, 2.24) is 4.98 Å². The molecule has 0 aromatic carbocycles. The first kappa shape index (κ1) is 7.36. The Kier molecular flexibility index (Phi) is 1.54. The molecule has 0 atom stereocenters. The summed E-state index contributed by atoms with van der Waals surface area (Å²) in [7, 11) is 0. The van der Waals surface area contributed by atoms with Gasteiger partial charge >= 0.3 is 0 Å². The Morgan fingerprint density at radius 3 is 3.15 bits per heavy atom. The fraction of sp³-hybridized carbons (Fsp3) is 0.545. The van der Waals surface area contributed by atoms with Crippen LogP contribution in [0.25, 0.3) is 0 Å². The zero-order valence-corrected chi connectivity index (χ0v) is 7.71. The van der Waals surface area contributed by atoms with Gasteiger partial charge in [-0.15, -0.1) is 0 Å². The van der Waals surface area contributed by atoms with Gasteiger partial charge in [0.15, 0.2) is 0 Å². The molecule has 0 unspecified atom stereocenters. The molecule has 13 heavy (non-hydrogen) atoms. The molecule has 2 aliphatic rings. The van der Waals surface area contributed by atoms with E-state index in [2.05, 4.69) is 16.4 Å². The molecule has 0 radical (unpaired) electrons. The van der Waals surface area contributed by atoms with Crippen molar-refractivity contribution in [3.63, 3.8) is 0 Å². The van der Waals surface area contributed by atoms with E-state index >= 15 is 0 Å². The topological polar surface area (TPSA) is 24.9 Å². The Balaban J connectivity index is 1.98. The highest BCUT2D eigenvalue weighted by Gasteiger charge is 2.25. The van der Waals surface area contributed by atoms with E-state index in [1.807, 2.05) is 6.20 Å². The van der Waals surface area contributed by atoms with Crippen molar-refractivity contribution in [3.05, 3.63) is 23.5 Å². The zero-order valence-electron chi connectivity index (χ0n) is 7.71. The molecule has 0 saturated heterocycles. The average Bonchev–Trinajstić information content (AvgIpc) is 3.00. The van der Waals surface area contributed by atoms with Crippen LogP contribution in [-0.4, -0.2) is 11.5 Å². The second-order valence-electron chi connectivity index (χ2n) is 4.07. The van der Waals surface area contributed by atoms with Gasteiger partial charge in [-0.2, -0.15) is 0 Å². The summed E-state index contributed by atoms with van der Waals surface area (Å²) in [6.07, 6.45) is 7.20. The number of rotatable bonds is 1. The quantitative estimate of drug-likeness (QED) is 0.706. The number of nitrogens with zero attached hydrogens (tertiary/aromatic N) is 1. The number of aromatic nitrogens is 1. The van der Waals surface area contributed by atoms with Gasteiger partial charge in [-0.1, -0.05) is 0 Å². The maximum atomic E-state index is 4.49. The summed E-state index contributed by atoms with van der Waals surface area (Å²) >= 11 is 0. The highest BCUT2D eigenvalue weighted by Crippen LogP contribution is 2.40. The van der Waals surface area contributed by atoms with Crippen molar-refractivity contribution in [2.45, 2.75) is 31.6 Å². The molecule has 1 aromatic heterocycles. The molecule has 2 heteroatoms. The van der Waals surface area contributed by atoms with Crippen molar-refractivity contribution in [2.24, 2.45) is 0 Å². The van der Waals surface area contributed by atoms with Gasteiger partial charge in [-0.05, 0) is 37.3 Å². The van der Waals surface area contributed by atoms with Crippen molar-refractivity contribution in [1.29, 1.82) is 0 Å². The number of hydrogen-bond acceptors (Lipinski definition) is 2. The summed E-state index contributed by atoms with van der Waals surface area (Å²) in [6.45, 7) is 1.11. The maximum absolute atomic E-state index is 4.49. The minimum Gasteiger partial charge on any atom is -0.384 e. The molecule has 0 amide bonds. The minimum absolute atomic E-state index is 0.784. The van der Waals surface area contributed by atoms with E-state index in [1.54, 1.807) is 0 Å². The lowest BCUT2D eigenvalue weighted by atomic mass is 10.0. The van der Waals surface area contributed by atoms with Crippen LogP contribution in [-0.2, 0) is 6.42 Å². The van der Waals surface area contributed by atoms with Crippen LogP contribution < -0.4 is 5.32 Å². The van der Waals surface area contributed by atoms with Crippen molar-refractivity contribution in [2.75, 3.05) is 11.9 Å². The molecule has 1 fully saturated rings. The van der Waals surface area contributed by atoms with E-state index in [9.17, 15) is 0 Å². The van der Waals surface area contributed by atoms with E-state index in [4.69, 9.17) is 0 Å². The van der Waals surface area contributed by atoms with Gasteiger partial charge in [0.25, 0.3) is 0 Å². The summed E-state index contributed by atoms with van der Waals surface area (Å²) in [5, 5.41) is 3.39. The molecule has 0 bridgehead atoms. The second kappa shape index (κ2) is 2.72. The number of fused-ring (bicyclic) bond motifs is 1. The molecule has 0 spiro atoms. The first-order valence-electron chi connectivity index (χ1n) is 5.16. The highest BCUT2D eigenvalue weighted by molar-refractivity contribution is 5.52. The molecule has 1 aliphatic heterocycles. The third kappa shape index (κ3) is 1.30. The van der Waals surface area contributed by atoms with Crippen LogP contribution in [0.5, 0.6) is 0 Å². The number of aryl methyl sites for hydroxylation is 1. The standard InChI is InChI=1S/C11H14N2/c1-2-9-6-10(8-3-4-8)13-7-11(9)12-5-1/h6-8,12H,1-5H2. The van der Waals surface area contributed by atoms with Crippen molar-refractivity contribution in [3.8, 4) is 0 Å². The van der Waals surface area contributed by atoms with Crippen LogP contribution in [0.4, 0.5) is 5.69 Å². The lowest BCUT2D eigenvalue weighted by Gasteiger charge is -2.17. The largest absolute Gasteiger partial charge is 0.384 e. The Morgan fingerprint density at radius 1 is 1.38 bits per heavy atom. The monoisotopic (exact) mass is 174 g/mol. The first-order valence-corrected chi connectivity index (χ1v) is 5.16. The number of pyridine rings is 1. The summed E-state index contributed by atoms with van der Waals surface area (Å²) < 4.78 is 0. The van der Waals surface area contributed by atoms with Crippen LogP contribution in [0.2, 0.25) is 0 Å². The minimum atomic E-state index is 0.784. The smallest absolute Gasteiger partial charge is 0.0559 e. The Bertz CT molecular complexity index is 329. The lowest BCUT2D eigenvalue weighted by molar-refractivity contribution is 0.819.